The van der Waals surface area contributed by atoms with E-state index in [0.717, 1.165) is 10.1 Å². The van der Waals surface area contributed by atoms with Crippen LogP contribution in [0.25, 0.3) is 22.1 Å². The van der Waals surface area contributed by atoms with Crippen molar-refractivity contribution >= 4 is 28.0 Å². The first-order valence-corrected chi connectivity index (χ1v) is 10.1. The van der Waals surface area contributed by atoms with Crippen molar-refractivity contribution < 1.29 is 13.6 Å². The predicted molar refractivity (Wildman–Crippen MR) is 114 cm³/mol. The van der Waals surface area contributed by atoms with Gasteiger partial charge in [-0.1, -0.05) is 31.2 Å². The number of nitrogens with one attached hydrogen (secondary N) is 1. The quantitative estimate of drug-likeness (QED) is 0.491. The van der Waals surface area contributed by atoms with Gasteiger partial charge in [-0.05, 0) is 31.2 Å². The van der Waals surface area contributed by atoms with Crippen molar-refractivity contribution in [2.24, 2.45) is 0 Å². The van der Waals surface area contributed by atoms with Crippen LogP contribution in [0.2, 0.25) is 0 Å². The Kier molecular flexibility index (Phi) is 5.58. The van der Waals surface area contributed by atoms with Gasteiger partial charge in [-0.25, -0.2) is 9.78 Å². The van der Waals surface area contributed by atoms with E-state index in [0.29, 0.717) is 23.1 Å². The smallest absolute Gasteiger partial charge is 0.329 e. The van der Waals surface area contributed by atoms with Crippen molar-refractivity contribution in [3.63, 3.8) is 0 Å². The van der Waals surface area contributed by atoms with Crippen LogP contribution in [0, 0.1) is 0 Å². The van der Waals surface area contributed by atoms with Gasteiger partial charge >= 0.3 is 12.2 Å². The summed E-state index contributed by atoms with van der Waals surface area (Å²) in [5, 5.41) is 2.75. The number of rotatable bonds is 7. The highest BCUT2D eigenvalue weighted by Crippen LogP contribution is 2.27. The number of nitrogens with zero attached hydrogens (tertiary/aromatic N) is 4. The molecule has 1 amide bonds. The molecule has 2 aromatic heterocycles. The van der Waals surface area contributed by atoms with Gasteiger partial charge in [-0.15, -0.1) is 0 Å². The van der Waals surface area contributed by atoms with E-state index in [1.807, 2.05) is 25.1 Å². The minimum Gasteiger partial charge on any atom is -0.354 e. The fourth-order valence-electron chi connectivity index (χ4n) is 3.90. The molecule has 4 rings (SSSR count). The van der Waals surface area contributed by atoms with Crippen LogP contribution in [0.15, 0.2) is 53.3 Å². The molecule has 2 aromatic carbocycles. The molecule has 0 spiro atoms. The van der Waals surface area contributed by atoms with E-state index in [9.17, 15) is 18.4 Å². The third kappa shape index (κ3) is 3.71. The lowest BCUT2D eigenvalue weighted by molar-refractivity contribution is -0.121. The molecule has 7 nitrogen and oxygen atoms in total. The second-order valence-electron chi connectivity index (χ2n) is 7.41. The summed E-state index contributed by atoms with van der Waals surface area (Å²) in [6.07, 6.45) is 0. The standard InChI is InChI=1S/C22H23F2N5O2/c1-3-27-17-10-6-7-11-18(17)28(22(27)31)13-19(30)25-12-14(2)20-26-15-8-4-5-9-16(15)29(20)21(23)24/h4-11,14,21H,3,12-13H2,1-2H3,(H,25,30)/t14-/m1/s1. The van der Waals surface area contributed by atoms with Gasteiger partial charge in [-0.2, -0.15) is 8.78 Å². The van der Waals surface area contributed by atoms with E-state index < -0.39 is 12.5 Å². The molecule has 0 fully saturated rings. The summed E-state index contributed by atoms with van der Waals surface area (Å²) < 4.78 is 31.2. The number of aromatic nitrogens is 4. The summed E-state index contributed by atoms with van der Waals surface area (Å²) in [4.78, 5) is 29.6. The number of hydrogen-bond donors (Lipinski definition) is 1. The summed E-state index contributed by atoms with van der Waals surface area (Å²) in [7, 11) is 0. The maximum atomic E-state index is 13.7. The first-order valence-electron chi connectivity index (χ1n) is 10.1. The Morgan fingerprint density at radius 2 is 1.65 bits per heavy atom. The fraction of sp³-hybridized carbons (Fsp3) is 0.318. The first kappa shape index (κ1) is 20.8. The number of aryl methyl sites for hydroxylation is 1. The van der Waals surface area contributed by atoms with Crippen LogP contribution in [0.3, 0.4) is 0 Å². The number of halogens is 2. The molecule has 31 heavy (non-hydrogen) atoms. The van der Waals surface area contributed by atoms with E-state index in [4.69, 9.17) is 0 Å². The lowest BCUT2D eigenvalue weighted by Gasteiger charge is -2.15. The molecule has 0 saturated carbocycles. The second-order valence-corrected chi connectivity index (χ2v) is 7.41. The van der Waals surface area contributed by atoms with E-state index in [1.165, 1.54) is 4.57 Å². The molecule has 1 N–H and O–H groups in total. The van der Waals surface area contributed by atoms with Crippen molar-refractivity contribution in [2.75, 3.05) is 6.54 Å². The Balaban J connectivity index is 1.52. The highest BCUT2D eigenvalue weighted by molar-refractivity contribution is 5.81. The van der Waals surface area contributed by atoms with Crippen LogP contribution in [0.5, 0.6) is 0 Å². The highest BCUT2D eigenvalue weighted by Gasteiger charge is 2.22. The van der Waals surface area contributed by atoms with Crippen LogP contribution in [0.1, 0.15) is 32.1 Å². The van der Waals surface area contributed by atoms with Crippen molar-refractivity contribution in [1.82, 2.24) is 24.0 Å². The molecule has 1 atom stereocenters. The number of amides is 1. The zero-order valence-electron chi connectivity index (χ0n) is 17.3. The van der Waals surface area contributed by atoms with Crippen molar-refractivity contribution in [1.29, 1.82) is 0 Å². The normalized spacial score (nSPS) is 12.7. The zero-order chi connectivity index (χ0) is 22.1. The van der Waals surface area contributed by atoms with Gasteiger partial charge in [0.05, 0.1) is 22.1 Å². The van der Waals surface area contributed by atoms with Crippen LogP contribution in [-0.4, -0.2) is 31.1 Å². The molecular weight excluding hydrogens is 404 g/mol. The van der Waals surface area contributed by atoms with Crippen molar-refractivity contribution in [2.45, 2.75) is 39.4 Å². The Morgan fingerprint density at radius 1 is 1.03 bits per heavy atom. The predicted octanol–water partition coefficient (Wildman–Crippen LogP) is 3.49. The van der Waals surface area contributed by atoms with Gasteiger partial charge in [0.25, 0.3) is 0 Å². The maximum Gasteiger partial charge on any atom is 0.329 e. The SMILES string of the molecule is CCn1c(=O)n(CC(=O)NC[C@@H](C)c2nc3ccccc3n2C(F)F)c2ccccc21. The summed E-state index contributed by atoms with van der Waals surface area (Å²) in [5.74, 6) is -0.608. The fourth-order valence-corrected chi connectivity index (χ4v) is 3.90. The number of carbonyl (C=O) groups is 1. The van der Waals surface area contributed by atoms with Crippen LogP contribution < -0.4 is 11.0 Å². The summed E-state index contributed by atoms with van der Waals surface area (Å²) in [6, 6.07) is 14.0. The molecule has 162 valence electrons. The molecule has 0 saturated heterocycles. The minimum absolute atomic E-state index is 0.121. The number of fused-ring (bicyclic) bond motifs is 2. The number of imidazole rings is 2. The molecule has 0 aliphatic rings. The lowest BCUT2D eigenvalue weighted by atomic mass is 10.1. The number of carbonyl (C=O) groups excluding carboxylic acids is 1. The molecular formula is C22H23F2N5O2. The highest BCUT2D eigenvalue weighted by atomic mass is 19.3. The molecule has 4 aromatic rings. The number of hydrogen-bond acceptors (Lipinski definition) is 3. The third-order valence-electron chi connectivity index (χ3n) is 5.41. The zero-order valence-corrected chi connectivity index (χ0v) is 17.3. The Labute approximate surface area is 176 Å². The Bertz CT molecular complexity index is 1300. The molecule has 0 aliphatic heterocycles. The molecule has 0 bridgehead atoms. The number of benzene rings is 2. The van der Waals surface area contributed by atoms with Gasteiger partial charge in [0.15, 0.2) is 0 Å². The van der Waals surface area contributed by atoms with Gasteiger partial charge in [0.1, 0.15) is 12.4 Å². The van der Waals surface area contributed by atoms with E-state index >= 15 is 0 Å². The Hall–Kier alpha value is -3.49. The maximum absolute atomic E-state index is 13.7. The van der Waals surface area contributed by atoms with E-state index in [2.05, 4.69) is 10.3 Å². The van der Waals surface area contributed by atoms with Gasteiger partial charge in [0, 0.05) is 19.0 Å². The summed E-state index contributed by atoms with van der Waals surface area (Å²) in [5.41, 5.74) is 2.02. The number of para-hydroxylation sites is 4. The molecule has 9 heteroatoms. The minimum atomic E-state index is -2.74. The monoisotopic (exact) mass is 427 g/mol. The van der Waals surface area contributed by atoms with Crippen LogP contribution in [-0.2, 0) is 17.9 Å². The van der Waals surface area contributed by atoms with Crippen LogP contribution in [0.4, 0.5) is 8.78 Å². The topological polar surface area (TPSA) is 73.8 Å². The van der Waals surface area contributed by atoms with E-state index in [1.54, 1.807) is 41.8 Å². The molecule has 0 radical (unpaired) electrons. The number of alkyl halides is 2. The average molecular weight is 427 g/mol. The van der Waals surface area contributed by atoms with Gasteiger partial charge in [-0.3, -0.25) is 18.5 Å². The average Bonchev–Trinajstić information content (AvgIpc) is 3.28. The summed E-state index contributed by atoms with van der Waals surface area (Å²) in [6.45, 7) is 1.33. The lowest BCUT2D eigenvalue weighted by Crippen LogP contribution is -2.35. The summed E-state index contributed by atoms with van der Waals surface area (Å²) >= 11 is 0. The molecule has 2 heterocycles. The third-order valence-corrected chi connectivity index (χ3v) is 5.41. The first-order chi connectivity index (χ1) is 14.9. The Morgan fingerprint density at radius 3 is 2.29 bits per heavy atom. The second kappa shape index (κ2) is 8.33. The van der Waals surface area contributed by atoms with Gasteiger partial charge in [0.2, 0.25) is 5.91 Å². The largest absolute Gasteiger partial charge is 0.354 e. The molecule has 0 unspecified atom stereocenters. The van der Waals surface area contributed by atoms with Crippen molar-refractivity contribution in [3.05, 3.63) is 64.8 Å². The molecule has 0 aliphatic carbocycles. The van der Waals surface area contributed by atoms with Gasteiger partial charge < -0.3 is 5.32 Å². The van der Waals surface area contributed by atoms with Crippen molar-refractivity contribution in [3.8, 4) is 0 Å². The van der Waals surface area contributed by atoms with E-state index in [-0.39, 0.29) is 30.5 Å². The van der Waals surface area contributed by atoms with Crippen LogP contribution >= 0.6 is 0 Å².